The number of carbonyl (C=O) groups excluding carboxylic acids is 1. The van der Waals surface area contributed by atoms with Crippen LogP contribution in [-0.4, -0.2) is 51.9 Å². The Balaban J connectivity index is 1.48. The largest absolute Gasteiger partial charge is 0.378 e. The van der Waals surface area contributed by atoms with Gasteiger partial charge in [-0.05, 0) is 30.7 Å². The lowest BCUT2D eigenvalue weighted by atomic mass is 10.1. The van der Waals surface area contributed by atoms with Crippen LogP contribution >= 0.6 is 11.6 Å². The summed E-state index contributed by atoms with van der Waals surface area (Å²) in [5.41, 5.74) is 3.48. The molecule has 1 aliphatic heterocycles. The van der Waals surface area contributed by atoms with Crippen LogP contribution in [0.4, 0.5) is 5.82 Å². The molecular formula is C21H22ClN5O2. The second kappa shape index (κ2) is 8.63. The van der Waals surface area contributed by atoms with Crippen LogP contribution in [0.3, 0.4) is 0 Å². The van der Waals surface area contributed by atoms with Crippen LogP contribution in [0.25, 0.3) is 5.69 Å². The highest BCUT2D eigenvalue weighted by molar-refractivity contribution is 6.33. The molecule has 0 atom stereocenters. The van der Waals surface area contributed by atoms with E-state index in [0.717, 1.165) is 16.9 Å². The molecule has 29 heavy (non-hydrogen) atoms. The highest BCUT2D eigenvalue weighted by Crippen LogP contribution is 2.23. The molecule has 1 saturated heterocycles. The van der Waals surface area contributed by atoms with Gasteiger partial charge in [-0.15, -0.1) is 0 Å². The van der Waals surface area contributed by atoms with E-state index in [2.05, 4.69) is 15.4 Å². The molecule has 8 heteroatoms. The van der Waals surface area contributed by atoms with Crippen molar-refractivity contribution in [3.05, 3.63) is 70.6 Å². The Morgan fingerprint density at radius 3 is 2.76 bits per heavy atom. The number of carbonyl (C=O) groups is 1. The number of ether oxygens (including phenoxy) is 1. The molecule has 0 bridgehead atoms. The quantitative estimate of drug-likeness (QED) is 0.697. The number of hydrogen-bond donors (Lipinski definition) is 1. The fourth-order valence-electron chi connectivity index (χ4n) is 3.25. The number of halogens is 1. The number of pyridine rings is 1. The molecule has 1 amide bonds. The third-order valence-corrected chi connectivity index (χ3v) is 5.08. The standard InChI is InChI=1S/C21H22ClN5O2/c1-15-6-7-27(25-15)19-5-3-2-4-16(19)13-23-20-18(22)12-17(14-24-20)21(28)26-8-10-29-11-9-26/h2-7,12,14H,8-11,13H2,1H3,(H,23,24). The first kappa shape index (κ1) is 19.4. The van der Waals surface area contributed by atoms with Crippen LogP contribution in [0.15, 0.2) is 48.8 Å². The van der Waals surface area contributed by atoms with E-state index in [-0.39, 0.29) is 5.91 Å². The van der Waals surface area contributed by atoms with Crippen LogP contribution < -0.4 is 5.32 Å². The lowest BCUT2D eigenvalue weighted by Gasteiger charge is -2.26. The van der Waals surface area contributed by atoms with Crippen molar-refractivity contribution in [1.82, 2.24) is 19.7 Å². The van der Waals surface area contributed by atoms with E-state index < -0.39 is 0 Å². The Morgan fingerprint density at radius 1 is 1.24 bits per heavy atom. The van der Waals surface area contributed by atoms with Gasteiger partial charge in [0.15, 0.2) is 0 Å². The predicted molar refractivity (Wildman–Crippen MR) is 112 cm³/mol. The molecule has 0 radical (unpaired) electrons. The average molecular weight is 412 g/mol. The SMILES string of the molecule is Cc1ccn(-c2ccccc2CNc2ncc(C(=O)N3CCOCC3)cc2Cl)n1. The van der Waals surface area contributed by atoms with E-state index in [9.17, 15) is 4.79 Å². The van der Waals surface area contributed by atoms with Crippen molar-refractivity contribution in [3.63, 3.8) is 0 Å². The molecule has 4 rings (SSSR count). The summed E-state index contributed by atoms with van der Waals surface area (Å²) < 4.78 is 7.15. The zero-order valence-electron chi connectivity index (χ0n) is 16.1. The summed E-state index contributed by atoms with van der Waals surface area (Å²) in [6.45, 7) is 4.77. The summed E-state index contributed by atoms with van der Waals surface area (Å²) in [6, 6.07) is 11.6. The lowest BCUT2D eigenvalue weighted by Crippen LogP contribution is -2.40. The molecule has 1 aromatic carbocycles. The van der Waals surface area contributed by atoms with Gasteiger partial charge in [0, 0.05) is 32.0 Å². The molecule has 1 fully saturated rings. The first-order chi connectivity index (χ1) is 14.1. The van der Waals surface area contributed by atoms with Crippen LogP contribution in [0.1, 0.15) is 21.6 Å². The number of morpholine rings is 1. The minimum absolute atomic E-state index is 0.0753. The highest BCUT2D eigenvalue weighted by atomic mass is 35.5. The highest BCUT2D eigenvalue weighted by Gasteiger charge is 2.20. The van der Waals surface area contributed by atoms with Gasteiger partial charge in [0.1, 0.15) is 5.82 Å². The van der Waals surface area contributed by atoms with Gasteiger partial charge in [-0.3, -0.25) is 4.79 Å². The molecule has 0 spiro atoms. The maximum absolute atomic E-state index is 12.6. The van der Waals surface area contributed by atoms with Crippen molar-refractivity contribution in [3.8, 4) is 5.69 Å². The Morgan fingerprint density at radius 2 is 2.03 bits per heavy atom. The van der Waals surface area contributed by atoms with Crippen LogP contribution in [0.5, 0.6) is 0 Å². The number of anilines is 1. The Hall–Kier alpha value is -2.90. The van der Waals surface area contributed by atoms with E-state index in [1.54, 1.807) is 17.2 Å². The number of hydrogen-bond acceptors (Lipinski definition) is 5. The minimum atomic E-state index is -0.0753. The molecule has 150 valence electrons. The third kappa shape index (κ3) is 4.41. The first-order valence-corrected chi connectivity index (χ1v) is 9.86. The Labute approximate surface area is 174 Å². The number of rotatable bonds is 5. The smallest absolute Gasteiger partial charge is 0.255 e. The van der Waals surface area contributed by atoms with E-state index in [0.29, 0.717) is 49.3 Å². The number of aromatic nitrogens is 3. The summed E-state index contributed by atoms with van der Waals surface area (Å²) in [6.07, 6.45) is 3.50. The van der Waals surface area contributed by atoms with Crippen molar-refractivity contribution in [1.29, 1.82) is 0 Å². The summed E-state index contributed by atoms with van der Waals surface area (Å²) in [5, 5.41) is 8.16. The van der Waals surface area contributed by atoms with Gasteiger partial charge >= 0.3 is 0 Å². The number of nitrogens with zero attached hydrogens (tertiary/aromatic N) is 4. The maximum atomic E-state index is 12.6. The second-order valence-corrected chi connectivity index (χ2v) is 7.25. The number of para-hydroxylation sites is 1. The molecule has 2 aromatic heterocycles. The second-order valence-electron chi connectivity index (χ2n) is 6.84. The zero-order chi connectivity index (χ0) is 20.2. The summed E-state index contributed by atoms with van der Waals surface area (Å²) in [7, 11) is 0. The van der Waals surface area contributed by atoms with E-state index in [1.807, 2.05) is 48.1 Å². The molecular weight excluding hydrogens is 390 g/mol. The van der Waals surface area contributed by atoms with Gasteiger partial charge in [0.25, 0.3) is 5.91 Å². The Bertz CT molecular complexity index is 1010. The number of aryl methyl sites for hydroxylation is 1. The van der Waals surface area contributed by atoms with Gasteiger partial charge in [-0.25, -0.2) is 9.67 Å². The number of amides is 1. The molecule has 7 nitrogen and oxygen atoms in total. The lowest BCUT2D eigenvalue weighted by molar-refractivity contribution is 0.0302. The predicted octanol–water partition coefficient (Wildman–Crippen LogP) is 3.31. The van der Waals surface area contributed by atoms with Crippen molar-refractivity contribution in [2.24, 2.45) is 0 Å². The summed E-state index contributed by atoms with van der Waals surface area (Å²) in [5.74, 6) is 0.463. The van der Waals surface area contributed by atoms with Gasteiger partial charge in [0.05, 0.1) is 35.2 Å². The minimum Gasteiger partial charge on any atom is -0.378 e. The monoisotopic (exact) mass is 411 g/mol. The summed E-state index contributed by atoms with van der Waals surface area (Å²) in [4.78, 5) is 18.7. The average Bonchev–Trinajstić information content (AvgIpc) is 3.19. The van der Waals surface area contributed by atoms with Crippen molar-refractivity contribution >= 4 is 23.3 Å². The van der Waals surface area contributed by atoms with Crippen molar-refractivity contribution in [2.45, 2.75) is 13.5 Å². The molecule has 3 aromatic rings. The van der Waals surface area contributed by atoms with Crippen LogP contribution in [-0.2, 0) is 11.3 Å². The topological polar surface area (TPSA) is 72.3 Å². The summed E-state index contributed by atoms with van der Waals surface area (Å²) >= 11 is 6.40. The normalized spacial score (nSPS) is 14.1. The van der Waals surface area contributed by atoms with E-state index in [1.165, 1.54) is 0 Å². The van der Waals surface area contributed by atoms with E-state index in [4.69, 9.17) is 16.3 Å². The van der Waals surface area contributed by atoms with Crippen molar-refractivity contribution in [2.75, 3.05) is 31.6 Å². The molecule has 0 unspecified atom stereocenters. The van der Waals surface area contributed by atoms with Gasteiger partial charge in [-0.1, -0.05) is 29.8 Å². The number of benzene rings is 1. The zero-order valence-corrected chi connectivity index (χ0v) is 16.9. The molecule has 3 heterocycles. The molecule has 1 N–H and O–H groups in total. The Kier molecular flexibility index (Phi) is 5.78. The van der Waals surface area contributed by atoms with Gasteiger partial charge < -0.3 is 15.0 Å². The van der Waals surface area contributed by atoms with Gasteiger partial charge in [-0.2, -0.15) is 5.10 Å². The van der Waals surface area contributed by atoms with Gasteiger partial charge in [0.2, 0.25) is 0 Å². The number of nitrogens with one attached hydrogen (secondary N) is 1. The fraction of sp³-hybridized carbons (Fsp3) is 0.286. The first-order valence-electron chi connectivity index (χ1n) is 9.49. The molecule has 0 aliphatic carbocycles. The van der Waals surface area contributed by atoms with Crippen LogP contribution in [0.2, 0.25) is 5.02 Å². The fourth-order valence-corrected chi connectivity index (χ4v) is 3.48. The van der Waals surface area contributed by atoms with Crippen LogP contribution in [0, 0.1) is 6.92 Å². The van der Waals surface area contributed by atoms with Crippen molar-refractivity contribution < 1.29 is 9.53 Å². The molecule has 0 saturated carbocycles. The third-order valence-electron chi connectivity index (χ3n) is 4.79. The maximum Gasteiger partial charge on any atom is 0.255 e. The molecule has 1 aliphatic rings. The van der Waals surface area contributed by atoms with E-state index >= 15 is 0 Å².